The van der Waals surface area contributed by atoms with Crippen molar-refractivity contribution in [3.63, 3.8) is 0 Å². The Hall–Kier alpha value is -2.33. The molecule has 1 heterocycles. The minimum Gasteiger partial charge on any atom is -0.493 e. The zero-order valence-corrected chi connectivity index (χ0v) is 13.9. The molecule has 118 valence electrons. The van der Waals surface area contributed by atoms with Crippen LogP contribution in [0, 0.1) is 0 Å². The van der Waals surface area contributed by atoms with Gasteiger partial charge in [-0.2, -0.15) is 11.3 Å². The van der Waals surface area contributed by atoms with E-state index in [0.29, 0.717) is 24.5 Å². The quantitative estimate of drug-likeness (QED) is 0.735. The number of rotatable bonds is 6. The van der Waals surface area contributed by atoms with Crippen molar-refractivity contribution in [3.8, 4) is 5.75 Å². The summed E-state index contributed by atoms with van der Waals surface area (Å²) >= 11 is 1.67. The van der Waals surface area contributed by atoms with Crippen molar-refractivity contribution in [3.05, 3.63) is 64.4 Å². The van der Waals surface area contributed by atoms with Gasteiger partial charge in [0.1, 0.15) is 5.75 Å². The monoisotopic (exact) mass is 325 g/mol. The Labute approximate surface area is 139 Å². The van der Waals surface area contributed by atoms with Gasteiger partial charge >= 0.3 is 0 Å². The van der Waals surface area contributed by atoms with Crippen LogP contribution in [0.15, 0.2) is 53.2 Å². The number of carbonyl (C=O) groups is 1. The molecule has 3 nitrogen and oxygen atoms in total. The van der Waals surface area contributed by atoms with E-state index in [0.717, 1.165) is 17.2 Å². The largest absolute Gasteiger partial charge is 0.493 e. The second kappa shape index (κ2) is 7.29. The molecule has 0 saturated carbocycles. The molecule has 0 aliphatic heterocycles. The number of fused-ring (bicyclic) bond motifs is 1. The van der Waals surface area contributed by atoms with Crippen molar-refractivity contribution in [2.24, 2.45) is 0 Å². The molecular weight excluding hydrogens is 306 g/mol. The third-order valence-electron chi connectivity index (χ3n) is 3.70. The first-order valence-corrected chi connectivity index (χ1v) is 8.67. The van der Waals surface area contributed by atoms with Gasteiger partial charge in [-0.05, 0) is 52.6 Å². The molecule has 0 aliphatic carbocycles. The Balaban J connectivity index is 1.83. The Morgan fingerprint density at radius 3 is 2.83 bits per heavy atom. The highest BCUT2D eigenvalue weighted by Gasteiger charge is 2.16. The van der Waals surface area contributed by atoms with E-state index in [-0.39, 0.29) is 5.91 Å². The number of amides is 1. The highest BCUT2D eigenvalue weighted by atomic mass is 32.1. The highest BCUT2D eigenvalue weighted by molar-refractivity contribution is 7.07. The molecule has 3 rings (SSSR count). The maximum absolute atomic E-state index is 12.7. The summed E-state index contributed by atoms with van der Waals surface area (Å²) < 4.78 is 5.66. The SMILES string of the molecule is CCOc1ccc2ccccc2c1C(=O)NCCc1ccsc1. The summed E-state index contributed by atoms with van der Waals surface area (Å²) in [4.78, 5) is 12.7. The Morgan fingerprint density at radius 1 is 1.17 bits per heavy atom. The van der Waals surface area contributed by atoms with Crippen LogP contribution in [0.2, 0.25) is 0 Å². The molecule has 0 aliphatic rings. The smallest absolute Gasteiger partial charge is 0.255 e. The molecule has 3 aromatic rings. The first-order chi connectivity index (χ1) is 11.3. The van der Waals surface area contributed by atoms with E-state index in [1.807, 2.05) is 43.3 Å². The maximum Gasteiger partial charge on any atom is 0.255 e. The van der Waals surface area contributed by atoms with Gasteiger partial charge in [0.2, 0.25) is 0 Å². The van der Waals surface area contributed by atoms with Crippen LogP contribution in [0.5, 0.6) is 5.75 Å². The average molecular weight is 325 g/mol. The lowest BCUT2D eigenvalue weighted by Gasteiger charge is -2.13. The lowest BCUT2D eigenvalue weighted by atomic mass is 10.0. The van der Waals surface area contributed by atoms with E-state index in [1.165, 1.54) is 5.56 Å². The standard InChI is InChI=1S/C19H19NO2S/c1-2-22-17-8-7-15-5-3-4-6-16(15)18(17)19(21)20-11-9-14-10-12-23-13-14/h3-8,10,12-13H,2,9,11H2,1H3,(H,20,21). The van der Waals surface area contributed by atoms with Crippen molar-refractivity contribution >= 4 is 28.0 Å². The summed E-state index contributed by atoms with van der Waals surface area (Å²) in [5.41, 5.74) is 1.87. The third kappa shape index (κ3) is 3.54. The zero-order chi connectivity index (χ0) is 16.1. The summed E-state index contributed by atoms with van der Waals surface area (Å²) in [5.74, 6) is 0.555. The van der Waals surface area contributed by atoms with Crippen LogP contribution in [0.25, 0.3) is 10.8 Å². The van der Waals surface area contributed by atoms with Crippen molar-refractivity contribution in [1.29, 1.82) is 0 Å². The van der Waals surface area contributed by atoms with Crippen LogP contribution >= 0.6 is 11.3 Å². The fraction of sp³-hybridized carbons (Fsp3) is 0.211. The van der Waals surface area contributed by atoms with Gasteiger partial charge in [-0.15, -0.1) is 0 Å². The van der Waals surface area contributed by atoms with E-state index in [4.69, 9.17) is 4.74 Å². The van der Waals surface area contributed by atoms with Crippen LogP contribution in [-0.4, -0.2) is 19.1 Å². The van der Waals surface area contributed by atoms with Gasteiger partial charge in [0.05, 0.1) is 12.2 Å². The van der Waals surface area contributed by atoms with E-state index in [1.54, 1.807) is 11.3 Å². The topological polar surface area (TPSA) is 38.3 Å². The minimum atomic E-state index is -0.0829. The second-order valence-electron chi connectivity index (χ2n) is 5.23. The number of benzene rings is 2. The highest BCUT2D eigenvalue weighted by Crippen LogP contribution is 2.28. The van der Waals surface area contributed by atoms with Crippen molar-refractivity contribution < 1.29 is 9.53 Å². The Morgan fingerprint density at radius 2 is 2.04 bits per heavy atom. The first-order valence-electron chi connectivity index (χ1n) is 7.73. The fourth-order valence-corrected chi connectivity index (χ4v) is 3.31. The number of ether oxygens (including phenoxy) is 1. The molecule has 0 bridgehead atoms. The molecule has 4 heteroatoms. The molecule has 1 N–H and O–H groups in total. The molecule has 0 radical (unpaired) electrons. The zero-order valence-electron chi connectivity index (χ0n) is 13.0. The van der Waals surface area contributed by atoms with Crippen molar-refractivity contribution in [2.45, 2.75) is 13.3 Å². The summed E-state index contributed by atoms with van der Waals surface area (Å²) in [6, 6.07) is 13.8. The van der Waals surface area contributed by atoms with Gasteiger partial charge in [-0.3, -0.25) is 4.79 Å². The predicted octanol–water partition coefficient (Wildman–Crippen LogP) is 4.27. The van der Waals surface area contributed by atoms with E-state index >= 15 is 0 Å². The molecule has 1 amide bonds. The Kier molecular flexibility index (Phi) is 4.93. The molecule has 23 heavy (non-hydrogen) atoms. The minimum absolute atomic E-state index is 0.0829. The summed E-state index contributed by atoms with van der Waals surface area (Å²) in [7, 11) is 0. The molecule has 0 atom stereocenters. The number of thiophene rings is 1. The molecular formula is C19H19NO2S. The van der Waals surface area contributed by atoms with Gasteiger partial charge in [0, 0.05) is 6.54 Å². The molecule has 2 aromatic carbocycles. The van der Waals surface area contributed by atoms with Crippen molar-refractivity contribution in [1.82, 2.24) is 5.32 Å². The molecule has 0 fully saturated rings. The summed E-state index contributed by atoms with van der Waals surface area (Å²) in [6.45, 7) is 3.07. The average Bonchev–Trinajstić information content (AvgIpc) is 3.08. The van der Waals surface area contributed by atoms with E-state index < -0.39 is 0 Å². The molecule has 0 unspecified atom stereocenters. The third-order valence-corrected chi connectivity index (χ3v) is 4.43. The number of nitrogens with one attached hydrogen (secondary N) is 1. The van der Waals surface area contributed by atoms with Crippen LogP contribution in [-0.2, 0) is 6.42 Å². The van der Waals surface area contributed by atoms with Gasteiger partial charge < -0.3 is 10.1 Å². The van der Waals surface area contributed by atoms with Crippen LogP contribution in [0.4, 0.5) is 0 Å². The van der Waals surface area contributed by atoms with Gasteiger partial charge in [-0.25, -0.2) is 0 Å². The number of hydrogen-bond acceptors (Lipinski definition) is 3. The second-order valence-corrected chi connectivity index (χ2v) is 6.01. The van der Waals surface area contributed by atoms with Crippen molar-refractivity contribution in [2.75, 3.05) is 13.2 Å². The van der Waals surface area contributed by atoms with Crippen LogP contribution in [0.3, 0.4) is 0 Å². The van der Waals surface area contributed by atoms with Gasteiger partial charge in [0.15, 0.2) is 0 Å². The van der Waals surface area contributed by atoms with Crippen LogP contribution in [0.1, 0.15) is 22.8 Å². The van der Waals surface area contributed by atoms with Crippen LogP contribution < -0.4 is 10.1 Å². The Bertz CT molecular complexity index is 796. The maximum atomic E-state index is 12.7. The van der Waals surface area contributed by atoms with Gasteiger partial charge in [0.25, 0.3) is 5.91 Å². The normalized spacial score (nSPS) is 10.7. The molecule has 1 aromatic heterocycles. The first kappa shape index (κ1) is 15.6. The predicted molar refractivity (Wildman–Crippen MR) is 95.5 cm³/mol. The lowest BCUT2D eigenvalue weighted by Crippen LogP contribution is -2.26. The summed E-state index contributed by atoms with van der Waals surface area (Å²) in [6.07, 6.45) is 0.837. The lowest BCUT2D eigenvalue weighted by molar-refractivity contribution is 0.0952. The molecule has 0 saturated heterocycles. The molecule has 0 spiro atoms. The summed E-state index contributed by atoms with van der Waals surface area (Å²) in [5, 5.41) is 9.13. The fourth-order valence-electron chi connectivity index (χ4n) is 2.61. The van der Waals surface area contributed by atoms with Gasteiger partial charge in [-0.1, -0.05) is 30.3 Å². The number of hydrogen-bond donors (Lipinski definition) is 1. The van der Waals surface area contributed by atoms with E-state index in [9.17, 15) is 4.79 Å². The van der Waals surface area contributed by atoms with E-state index in [2.05, 4.69) is 22.1 Å². The number of carbonyl (C=O) groups excluding carboxylic acids is 1.